The van der Waals surface area contributed by atoms with Crippen LogP contribution in [0.3, 0.4) is 0 Å². The summed E-state index contributed by atoms with van der Waals surface area (Å²) in [5.74, 6) is -0.613. The first-order valence-electron chi connectivity index (χ1n) is 8.86. The Morgan fingerprint density at radius 2 is 1.69 bits per heavy atom. The predicted octanol–water partition coefficient (Wildman–Crippen LogP) is 4.16. The van der Waals surface area contributed by atoms with Crippen LogP contribution in [0, 0.1) is 18.8 Å². The van der Waals surface area contributed by atoms with Crippen LogP contribution in [0.1, 0.15) is 46.0 Å². The van der Waals surface area contributed by atoms with Crippen molar-refractivity contribution in [3.8, 4) is 10.4 Å². The van der Waals surface area contributed by atoms with Crippen LogP contribution in [0.25, 0.3) is 10.4 Å². The third-order valence-electron chi connectivity index (χ3n) is 5.66. The van der Waals surface area contributed by atoms with Crippen molar-refractivity contribution in [2.45, 2.75) is 32.1 Å². The average Bonchev–Trinajstić information content (AvgIpc) is 3.26. The number of ether oxygens (including phenoxy) is 1. The van der Waals surface area contributed by atoms with Crippen LogP contribution < -0.4 is 0 Å². The van der Waals surface area contributed by atoms with Crippen molar-refractivity contribution < 1.29 is 19.1 Å². The lowest BCUT2D eigenvalue weighted by molar-refractivity contribution is -0.135. The van der Waals surface area contributed by atoms with E-state index in [1.54, 1.807) is 23.5 Å². The number of hydrogen-bond acceptors (Lipinski definition) is 5. The Balaban J connectivity index is 1.67. The highest BCUT2D eigenvalue weighted by molar-refractivity contribution is 7.15. The number of hydrogen-bond donors (Lipinski definition) is 0. The standard InChI is InChI=1S/C21H20O4S/c1-11-16(18-19(22)14-7-8-15(9-14)20(18)23)10-17(26-11)12-3-5-13(6-4-12)21(24)25-2/h3-6,10,14-15,18H,7-9H2,1-2H3/t14-,15+,18?. The number of thiophene rings is 1. The molecule has 2 aliphatic rings. The molecule has 0 amide bonds. The second kappa shape index (κ2) is 6.47. The van der Waals surface area contributed by atoms with E-state index in [1.807, 2.05) is 25.1 Å². The maximum absolute atomic E-state index is 12.8. The fourth-order valence-electron chi connectivity index (χ4n) is 4.23. The van der Waals surface area contributed by atoms with Gasteiger partial charge in [0.05, 0.1) is 12.7 Å². The molecule has 2 aromatic rings. The minimum Gasteiger partial charge on any atom is -0.465 e. The van der Waals surface area contributed by atoms with Gasteiger partial charge in [0, 0.05) is 21.6 Å². The number of methoxy groups -OCH3 is 1. The van der Waals surface area contributed by atoms with E-state index < -0.39 is 5.92 Å². The van der Waals surface area contributed by atoms with Crippen molar-refractivity contribution in [3.05, 3.63) is 46.3 Å². The van der Waals surface area contributed by atoms with Gasteiger partial charge < -0.3 is 4.74 Å². The van der Waals surface area contributed by atoms with Crippen LogP contribution in [-0.2, 0) is 14.3 Å². The number of esters is 1. The number of fused-ring (bicyclic) bond motifs is 2. The molecule has 134 valence electrons. The van der Waals surface area contributed by atoms with Crippen LogP contribution >= 0.6 is 11.3 Å². The van der Waals surface area contributed by atoms with Gasteiger partial charge in [-0.25, -0.2) is 4.79 Å². The lowest BCUT2D eigenvalue weighted by Crippen LogP contribution is -2.34. The fourth-order valence-corrected chi connectivity index (χ4v) is 5.29. The molecule has 5 heteroatoms. The number of rotatable bonds is 3. The van der Waals surface area contributed by atoms with Gasteiger partial charge in [0.1, 0.15) is 5.92 Å². The first kappa shape index (κ1) is 17.2. The highest BCUT2D eigenvalue weighted by Gasteiger charge is 2.48. The SMILES string of the molecule is COC(=O)c1ccc(-c2cc(C3C(=O)[C@@H]4CC[C@@H](C4)C3=O)c(C)s2)cc1. The van der Waals surface area contributed by atoms with E-state index in [0.29, 0.717) is 5.56 Å². The molecule has 2 aliphatic carbocycles. The maximum Gasteiger partial charge on any atom is 0.337 e. The van der Waals surface area contributed by atoms with Crippen LogP contribution in [0.4, 0.5) is 0 Å². The molecule has 0 radical (unpaired) electrons. The molecule has 1 aromatic heterocycles. The molecule has 2 fully saturated rings. The second-order valence-corrected chi connectivity index (χ2v) is 8.39. The van der Waals surface area contributed by atoms with Crippen LogP contribution in [0.15, 0.2) is 30.3 Å². The molecule has 1 heterocycles. The summed E-state index contributed by atoms with van der Waals surface area (Å²) < 4.78 is 4.72. The molecular formula is C21H20O4S. The van der Waals surface area contributed by atoms with Crippen LogP contribution in [0.5, 0.6) is 0 Å². The molecule has 4 rings (SSSR count). The molecule has 0 N–H and O–H groups in total. The topological polar surface area (TPSA) is 60.4 Å². The maximum atomic E-state index is 12.8. The lowest BCUT2D eigenvalue weighted by atomic mass is 9.75. The summed E-state index contributed by atoms with van der Waals surface area (Å²) in [5, 5.41) is 0. The summed E-state index contributed by atoms with van der Waals surface area (Å²) >= 11 is 1.59. The Kier molecular flexibility index (Phi) is 4.27. The Morgan fingerprint density at radius 3 is 2.27 bits per heavy atom. The van der Waals surface area contributed by atoms with Gasteiger partial charge in [0.15, 0.2) is 11.6 Å². The summed E-state index contributed by atoms with van der Waals surface area (Å²) in [6, 6.07) is 9.18. The summed E-state index contributed by atoms with van der Waals surface area (Å²) in [4.78, 5) is 39.2. The average molecular weight is 368 g/mol. The molecule has 4 nitrogen and oxygen atoms in total. The van der Waals surface area contributed by atoms with Gasteiger partial charge in [-0.1, -0.05) is 12.1 Å². The quantitative estimate of drug-likeness (QED) is 0.603. The Morgan fingerprint density at radius 1 is 1.08 bits per heavy atom. The van der Waals surface area contributed by atoms with Crippen molar-refractivity contribution in [3.63, 3.8) is 0 Å². The fraction of sp³-hybridized carbons (Fsp3) is 0.381. The normalized spacial score (nSPS) is 24.8. The Bertz CT molecular complexity index is 871. The first-order valence-corrected chi connectivity index (χ1v) is 9.67. The molecule has 2 saturated carbocycles. The van der Waals surface area contributed by atoms with Crippen molar-refractivity contribution in [2.75, 3.05) is 7.11 Å². The third-order valence-corrected chi connectivity index (χ3v) is 6.78. The van der Waals surface area contributed by atoms with E-state index in [9.17, 15) is 14.4 Å². The summed E-state index contributed by atoms with van der Waals surface area (Å²) in [5.41, 5.74) is 2.34. The van der Waals surface area contributed by atoms with Gasteiger partial charge in [-0.05, 0) is 55.5 Å². The smallest absolute Gasteiger partial charge is 0.337 e. The number of carbonyl (C=O) groups excluding carboxylic acids is 3. The Labute approximate surface area is 156 Å². The van der Waals surface area contributed by atoms with E-state index in [2.05, 4.69) is 0 Å². The lowest BCUT2D eigenvalue weighted by Gasteiger charge is -2.25. The van der Waals surface area contributed by atoms with Crippen molar-refractivity contribution >= 4 is 28.9 Å². The van der Waals surface area contributed by atoms with E-state index in [0.717, 1.165) is 40.1 Å². The van der Waals surface area contributed by atoms with Crippen molar-refractivity contribution in [1.29, 1.82) is 0 Å². The minimum absolute atomic E-state index is 0.0600. The van der Waals surface area contributed by atoms with Crippen LogP contribution in [0.2, 0.25) is 0 Å². The highest BCUT2D eigenvalue weighted by Crippen LogP contribution is 2.46. The molecule has 3 atom stereocenters. The van der Waals surface area contributed by atoms with E-state index >= 15 is 0 Å². The van der Waals surface area contributed by atoms with Gasteiger partial charge in [-0.2, -0.15) is 0 Å². The summed E-state index contributed by atoms with van der Waals surface area (Å²) in [6.45, 7) is 1.98. The zero-order chi connectivity index (χ0) is 18.4. The van der Waals surface area contributed by atoms with Gasteiger partial charge in [-0.3, -0.25) is 9.59 Å². The van der Waals surface area contributed by atoms with E-state index in [4.69, 9.17) is 4.74 Å². The monoisotopic (exact) mass is 368 g/mol. The summed E-state index contributed by atoms with van der Waals surface area (Å²) in [6.07, 6.45) is 2.47. The Hall–Kier alpha value is -2.27. The predicted molar refractivity (Wildman–Crippen MR) is 99.4 cm³/mol. The number of Topliss-reactive ketones (excluding diaryl/α,β-unsaturated/α-hetero) is 2. The molecule has 0 aliphatic heterocycles. The first-order chi connectivity index (χ1) is 12.5. The molecule has 2 bridgehead atoms. The number of aryl methyl sites for hydroxylation is 1. The number of carbonyl (C=O) groups is 3. The number of benzene rings is 1. The molecule has 0 spiro atoms. The molecule has 0 saturated heterocycles. The van der Waals surface area contributed by atoms with Crippen molar-refractivity contribution in [2.24, 2.45) is 11.8 Å². The zero-order valence-corrected chi connectivity index (χ0v) is 15.6. The van der Waals surface area contributed by atoms with Gasteiger partial charge in [0.25, 0.3) is 0 Å². The van der Waals surface area contributed by atoms with Crippen molar-refractivity contribution in [1.82, 2.24) is 0 Å². The van der Waals surface area contributed by atoms with Gasteiger partial charge in [-0.15, -0.1) is 11.3 Å². The van der Waals surface area contributed by atoms with Gasteiger partial charge in [0.2, 0.25) is 0 Å². The molecule has 1 unspecified atom stereocenters. The van der Waals surface area contributed by atoms with Gasteiger partial charge >= 0.3 is 5.97 Å². The summed E-state index contributed by atoms with van der Waals surface area (Å²) in [7, 11) is 1.36. The molecular weight excluding hydrogens is 348 g/mol. The van der Waals surface area contributed by atoms with E-state index in [1.165, 1.54) is 7.11 Å². The van der Waals surface area contributed by atoms with E-state index in [-0.39, 0.29) is 29.4 Å². The van der Waals surface area contributed by atoms with Crippen LogP contribution in [-0.4, -0.2) is 24.6 Å². The molecule has 26 heavy (non-hydrogen) atoms. The zero-order valence-electron chi connectivity index (χ0n) is 14.8. The third kappa shape index (κ3) is 2.71. The number of ketones is 2. The highest BCUT2D eigenvalue weighted by atomic mass is 32.1. The second-order valence-electron chi connectivity index (χ2n) is 7.14. The minimum atomic E-state index is -0.583. The molecule has 1 aromatic carbocycles. The largest absolute Gasteiger partial charge is 0.465 e.